The van der Waals surface area contributed by atoms with Gasteiger partial charge in [-0.2, -0.15) is 0 Å². The molecule has 1 unspecified atom stereocenters. The van der Waals surface area contributed by atoms with Crippen molar-refractivity contribution in [3.05, 3.63) is 59.7 Å². The Morgan fingerprint density at radius 3 is 2.44 bits per heavy atom. The first-order valence-electron chi connectivity index (χ1n) is 8.28. The number of carboxylic acid groups (broad SMARTS) is 1. The summed E-state index contributed by atoms with van der Waals surface area (Å²) in [4.78, 5) is 35.8. The van der Waals surface area contributed by atoms with Gasteiger partial charge in [-0.3, -0.25) is 14.4 Å². The van der Waals surface area contributed by atoms with E-state index in [2.05, 4.69) is 5.32 Å². The molecule has 2 rings (SSSR count). The van der Waals surface area contributed by atoms with Gasteiger partial charge in [-0.15, -0.1) is 11.8 Å². The van der Waals surface area contributed by atoms with Crippen LogP contribution in [0.4, 0.5) is 0 Å². The largest absolute Gasteiger partial charge is 0.484 e. The number of hydrogen-bond acceptors (Lipinski definition) is 5. The van der Waals surface area contributed by atoms with Crippen molar-refractivity contribution >= 4 is 29.4 Å². The van der Waals surface area contributed by atoms with Gasteiger partial charge < -0.3 is 15.2 Å². The van der Waals surface area contributed by atoms with Crippen LogP contribution in [0, 0.1) is 0 Å². The fourth-order valence-electron chi connectivity index (χ4n) is 2.45. The van der Waals surface area contributed by atoms with Crippen molar-refractivity contribution in [2.24, 2.45) is 0 Å². The van der Waals surface area contributed by atoms with E-state index in [4.69, 9.17) is 9.84 Å². The summed E-state index contributed by atoms with van der Waals surface area (Å²) in [6, 6.07) is 13.3. The molecule has 7 heteroatoms. The number of ketones is 1. The first kappa shape index (κ1) is 20.5. The van der Waals surface area contributed by atoms with Crippen molar-refractivity contribution in [3.8, 4) is 5.75 Å². The van der Waals surface area contributed by atoms with E-state index in [1.165, 1.54) is 6.92 Å². The molecule has 2 N–H and O–H groups in total. The zero-order valence-electron chi connectivity index (χ0n) is 15.1. The van der Waals surface area contributed by atoms with Crippen molar-refractivity contribution in [2.75, 3.05) is 12.9 Å². The van der Waals surface area contributed by atoms with Crippen LogP contribution in [-0.4, -0.2) is 35.6 Å². The normalized spacial score (nSPS) is 11.5. The molecule has 2 aromatic rings. The van der Waals surface area contributed by atoms with Crippen LogP contribution in [0.25, 0.3) is 0 Å². The van der Waals surface area contributed by atoms with E-state index in [0.29, 0.717) is 16.9 Å². The molecule has 0 aliphatic rings. The number of nitrogens with one attached hydrogen (secondary N) is 1. The summed E-state index contributed by atoms with van der Waals surface area (Å²) >= 11 is 1.58. The lowest BCUT2D eigenvalue weighted by molar-refractivity contribution is -0.137. The number of thioether (sulfide) groups is 1. The predicted octanol–water partition coefficient (Wildman–Crippen LogP) is 3.32. The summed E-state index contributed by atoms with van der Waals surface area (Å²) < 4.78 is 5.42. The van der Waals surface area contributed by atoms with Crippen LogP contribution in [0.1, 0.15) is 35.3 Å². The molecule has 0 saturated heterocycles. The maximum atomic E-state index is 12.2. The van der Waals surface area contributed by atoms with Crippen LogP contribution >= 0.6 is 11.8 Å². The molecule has 0 bridgehead atoms. The highest BCUT2D eigenvalue weighted by Gasteiger charge is 2.18. The Kier molecular flexibility index (Phi) is 7.43. The minimum absolute atomic E-state index is 0.0971. The van der Waals surface area contributed by atoms with Crippen LogP contribution in [0.2, 0.25) is 0 Å². The third-order valence-corrected chi connectivity index (χ3v) is 4.59. The van der Waals surface area contributed by atoms with Gasteiger partial charge in [-0.25, -0.2) is 0 Å². The first-order chi connectivity index (χ1) is 12.9. The number of carbonyl (C=O) groups excluding carboxylic acids is 2. The second-order valence-electron chi connectivity index (χ2n) is 5.86. The van der Waals surface area contributed by atoms with Crippen LogP contribution in [0.3, 0.4) is 0 Å². The van der Waals surface area contributed by atoms with Gasteiger partial charge in [0, 0.05) is 10.5 Å². The van der Waals surface area contributed by atoms with Crippen molar-refractivity contribution in [1.29, 1.82) is 0 Å². The Balaban J connectivity index is 2.01. The molecule has 0 radical (unpaired) electrons. The smallest absolute Gasteiger partial charge is 0.305 e. The van der Waals surface area contributed by atoms with E-state index < -0.39 is 17.9 Å². The standard InChI is InChI=1S/C20H21NO5S/c1-13(22)15-4-3-5-16(10-15)26-12-19(23)21-18(11-20(24)25)14-6-8-17(27-2)9-7-14/h3-10,18H,11-12H2,1-2H3,(H,21,23)(H,24,25). The average Bonchev–Trinajstić information content (AvgIpc) is 2.66. The molecule has 142 valence electrons. The lowest BCUT2D eigenvalue weighted by atomic mass is 10.0. The fourth-order valence-corrected chi connectivity index (χ4v) is 2.86. The van der Waals surface area contributed by atoms with Gasteiger partial charge in [-0.1, -0.05) is 24.3 Å². The minimum atomic E-state index is -1.01. The third kappa shape index (κ3) is 6.45. The number of rotatable bonds is 9. The summed E-state index contributed by atoms with van der Waals surface area (Å²) in [5.74, 6) is -1.15. The molecule has 0 fully saturated rings. The van der Waals surface area contributed by atoms with Gasteiger partial charge in [0.2, 0.25) is 0 Å². The van der Waals surface area contributed by atoms with E-state index in [9.17, 15) is 14.4 Å². The minimum Gasteiger partial charge on any atom is -0.484 e. The fraction of sp³-hybridized carbons (Fsp3) is 0.250. The molecule has 0 spiro atoms. The molecular formula is C20H21NO5S. The maximum Gasteiger partial charge on any atom is 0.305 e. The van der Waals surface area contributed by atoms with Gasteiger partial charge in [0.05, 0.1) is 12.5 Å². The van der Waals surface area contributed by atoms with Gasteiger partial charge in [0.15, 0.2) is 12.4 Å². The van der Waals surface area contributed by atoms with Crippen molar-refractivity contribution in [3.63, 3.8) is 0 Å². The number of ether oxygens (including phenoxy) is 1. The van der Waals surface area contributed by atoms with Crippen molar-refractivity contribution in [2.45, 2.75) is 24.3 Å². The highest BCUT2D eigenvalue weighted by Crippen LogP contribution is 2.21. The SMILES string of the molecule is CSc1ccc(C(CC(=O)O)NC(=O)COc2cccc(C(C)=O)c2)cc1. The Labute approximate surface area is 161 Å². The zero-order chi connectivity index (χ0) is 19.8. The van der Waals surface area contributed by atoms with Crippen LogP contribution in [0.15, 0.2) is 53.4 Å². The lowest BCUT2D eigenvalue weighted by Crippen LogP contribution is -2.33. The van der Waals surface area contributed by atoms with E-state index in [0.717, 1.165) is 4.90 Å². The maximum absolute atomic E-state index is 12.2. The molecular weight excluding hydrogens is 366 g/mol. The summed E-state index contributed by atoms with van der Waals surface area (Å²) in [5, 5.41) is 11.8. The average molecular weight is 387 g/mol. The van der Waals surface area contributed by atoms with Crippen molar-refractivity contribution in [1.82, 2.24) is 5.32 Å². The molecule has 0 aliphatic carbocycles. The second kappa shape index (κ2) is 9.78. The molecule has 0 saturated carbocycles. The number of benzene rings is 2. The van der Waals surface area contributed by atoms with Crippen molar-refractivity contribution < 1.29 is 24.2 Å². The van der Waals surface area contributed by atoms with E-state index in [1.807, 2.05) is 18.4 Å². The van der Waals surface area contributed by atoms with Gasteiger partial charge in [0.25, 0.3) is 5.91 Å². The second-order valence-corrected chi connectivity index (χ2v) is 6.74. The highest BCUT2D eigenvalue weighted by atomic mass is 32.2. The molecule has 0 aliphatic heterocycles. The van der Waals surface area contributed by atoms with Gasteiger partial charge in [0.1, 0.15) is 5.75 Å². The number of amides is 1. The van der Waals surface area contributed by atoms with Gasteiger partial charge in [-0.05, 0) is 43.0 Å². The quantitative estimate of drug-likeness (QED) is 0.506. The summed E-state index contributed by atoms with van der Waals surface area (Å²) in [5.41, 5.74) is 1.20. The number of hydrogen-bond donors (Lipinski definition) is 2. The Hall–Kier alpha value is -2.80. The molecule has 2 aromatic carbocycles. The molecule has 27 heavy (non-hydrogen) atoms. The molecule has 0 aromatic heterocycles. The molecule has 1 atom stereocenters. The molecule has 6 nitrogen and oxygen atoms in total. The number of aliphatic carboxylic acids is 1. The zero-order valence-corrected chi connectivity index (χ0v) is 15.9. The van der Waals surface area contributed by atoms with Crippen LogP contribution in [-0.2, 0) is 9.59 Å². The Morgan fingerprint density at radius 2 is 1.85 bits per heavy atom. The first-order valence-corrected chi connectivity index (χ1v) is 9.50. The number of Topliss-reactive ketones (excluding diaryl/α,β-unsaturated/α-hetero) is 1. The van der Waals surface area contributed by atoms with Crippen LogP contribution in [0.5, 0.6) is 5.75 Å². The lowest BCUT2D eigenvalue weighted by Gasteiger charge is -2.18. The Morgan fingerprint density at radius 1 is 1.15 bits per heavy atom. The van der Waals surface area contributed by atoms with Gasteiger partial charge >= 0.3 is 5.97 Å². The number of carboxylic acids is 1. The van der Waals surface area contributed by atoms with E-state index in [1.54, 1.807) is 48.2 Å². The highest BCUT2D eigenvalue weighted by molar-refractivity contribution is 7.98. The predicted molar refractivity (Wildman–Crippen MR) is 103 cm³/mol. The third-order valence-electron chi connectivity index (χ3n) is 3.84. The summed E-state index contributed by atoms with van der Waals surface area (Å²) in [6.45, 7) is 1.17. The van der Waals surface area contributed by atoms with Crippen LogP contribution < -0.4 is 10.1 Å². The molecule has 0 heterocycles. The molecule has 1 amide bonds. The Bertz CT molecular complexity index is 819. The summed E-state index contributed by atoms with van der Waals surface area (Å²) in [7, 11) is 0. The monoisotopic (exact) mass is 387 g/mol. The number of carbonyl (C=O) groups is 3. The summed E-state index contributed by atoms with van der Waals surface area (Å²) in [6.07, 6.45) is 1.72. The topological polar surface area (TPSA) is 92.7 Å². The van der Waals surface area contributed by atoms with E-state index >= 15 is 0 Å². The van der Waals surface area contributed by atoms with E-state index in [-0.39, 0.29) is 18.8 Å².